The van der Waals surface area contributed by atoms with Crippen molar-refractivity contribution in [2.75, 3.05) is 33.4 Å². The fraction of sp³-hybridized carbons (Fsp3) is 0.375. The van der Waals surface area contributed by atoms with Crippen LogP contribution in [0.5, 0.6) is 0 Å². The van der Waals surface area contributed by atoms with Crippen LogP contribution in [0.3, 0.4) is 0 Å². The molecule has 34 heavy (non-hydrogen) atoms. The molecule has 0 saturated carbocycles. The molecule has 1 N–H and O–H groups in total. The van der Waals surface area contributed by atoms with Crippen LogP contribution < -0.4 is 5.32 Å². The number of likely N-dealkylation sites (tertiary alicyclic amines) is 1. The van der Waals surface area contributed by atoms with Crippen LogP contribution in [0, 0.1) is 0 Å². The number of nitrogens with one attached hydrogen (secondary N) is 1. The first-order valence-corrected chi connectivity index (χ1v) is 10.8. The highest BCUT2D eigenvalue weighted by molar-refractivity contribution is 5.98. The summed E-state index contributed by atoms with van der Waals surface area (Å²) in [4.78, 5) is 39.0. The topological polar surface area (TPSA) is 94.2 Å². The van der Waals surface area contributed by atoms with Crippen LogP contribution in [0.1, 0.15) is 27.9 Å². The molecule has 8 nitrogen and oxygen atoms in total. The van der Waals surface area contributed by atoms with E-state index in [-0.39, 0.29) is 29.7 Å². The van der Waals surface area contributed by atoms with Crippen LogP contribution >= 0.6 is 0 Å². The zero-order valence-electron chi connectivity index (χ0n) is 18.3. The fourth-order valence-electron chi connectivity index (χ4n) is 4.83. The van der Waals surface area contributed by atoms with Gasteiger partial charge in [-0.25, -0.2) is 4.79 Å². The molecule has 1 atom stereocenters. The van der Waals surface area contributed by atoms with Crippen LogP contribution in [0.2, 0.25) is 0 Å². The second-order valence-corrected chi connectivity index (χ2v) is 8.44. The van der Waals surface area contributed by atoms with Crippen molar-refractivity contribution in [1.82, 2.24) is 10.2 Å². The highest BCUT2D eigenvalue weighted by atomic mass is 19.3. The molecule has 10 heteroatoms. The number of hydrogen-bond acceptors (Lipinski definition) is 6. The summed E-state index contributed by atoms with van der Waals surface area (Å²) in [5.74, 6) is -6.13. The van der Waals surface area contributed by atoms with E-state index in [0.717, 1.165) is 6.07 Å². The van der Waals surface area contributed by atoms with Gasteiger partial charge in [0.2, 0.25) is 5.91 Å². The standard InChI is InChI=1S/C24H22F2N2O6/c1-32-22(31)19-11-23(33-8-9-34-23)13-28(19)20(29)12-27-21(30)14-6-7-16-15-4-2-3-5-17(15)24(25,26)18(16)10-14/h2-7,10,19H,8-9,11-13H2,1H3,(H,27,30)/t19-/m0/s1. The van der Waals surface area contributed by atoms with Crippen LogP contribution in [0.15, 0.2) is 42.5 Å². The zero-order chi connectivity index (χ0) is 24.1. The molecule has 2 aromatic carbocycles. The Kier molecular flexibility index (Phi) is 5.37. The van der Waals surface area contributed by atoms with E-state index >= 15 is 0 Å². The van der Waals surface area contributed by atoms with Gasteiger partial charge in [-0.1, -0.05) is 30.3 Å². The number of amides is 2. The third kappa shape index (κ3) is 3.54. The first kappa shape index (κ1) is 22.4. The number of hydrogen-bond donors (Lipinski definition) is 1. The second-order valence-electron chi connectivity index (χ2n) is 8.44. The van der Waals surface area contributed by atoms with E-state index in [2.05, 4.69) is 5.32 Å². The smallest absolute Gasteiger partial charge is 0.328 e. The summed E-state index contributed by atoms with van der Waals surface area (Å²) < 4.78 is 45.9. The number of carbonyl (C=O) groups excluding carboxylic acids is 3. The third-order valence-electron chi connectivity index (χ3n) is 6.47. The van der Waals surface area contributed by atoms with Crippen molar-refractivity contribution in [2.45, 2.75) is 24.2 Å². The second kappa shape index (κ2) is 8.14. The summed E-state index contributed by atoms with van der Waals surface area (Å²) in [6.07, 6.45) is 0.125. The molecule has 5 rings (SSSR count). The predicted molar refractivity (Wildman–Crippen MR) is 114 cm³/mol. The van der Waals surface area contributed by atoms with E-state index in [0.29, 0.717) is 24.3 Å². The molecular formula is C24H22F2N2O6. The molecule has 3 aliphatic rings. The maximum absolute atomic E-state index is 14.9. The molecule has 2 heterocycles. The molecule has 2 aromatic rings. The number of methoxy groups -OCH3 is 1. The van der Waals surface area contributed by atoms with Crippen LogP contribution in [0.4, 0.5) is 8.78 Å². The Hall–Kier alpha value is -3.37. The summed E-state index contributed by atoms with van der Waals surface area (Å²) in [6, 6.07) is 9.38. The molecule has 1 spiro atoms. The van der Waals surface area contributed by atoms with Gasteiger partial charge < -0.3 is 24.4 Å². The lowest BCUT2D eigenvalue weighted by atomic mass is 10.0. The van der Waals surface area contributed by atoms with Crippen molar-refractivity contribution in [1.29, 1.82) is 0 Å². The number of carbonyl (C=O) groups is 3. The van der Waals surface area contributed by atoms with Gasteiger partial charge in [0.15, 0.2) is 5.79 Å². The molecule has 0 bridgehead atoms. The molecule has 1 aliphatic carbocycles. The zero-order valence-corrected chi connectivity index (χ0v) is 18.3. The number of alkyl halides is 2. The lowest BCUT2D eigenvalue weighted by Crippen LogP contribution is -2.46. The van der Waals surface area contributed by atoms with Gasteiger partial charge in [-0.3, -0.25) is 9.59 Å². The fourth-order valence-corrected chi connectivity index (χ4v) is 4.83. The minimum absolute atomic E-state index is 0.00361. The minimum atomic E-state index is -3.23. The van der Waals surface area contributed by atoms with Crippen molar-refractivity contribution in [2.24, 2.45) is 0 Å². The van der Waals surface area contributed by atoms with Gasteiger partial charge in [0, 0.05) is 23.1 Å². The summed E-state index contributed by atoms with van der Waals surface area (Å²) in [6.45, 7) is 0.278. The Morgan fingerprint density at radius 1 is 1.09 bits per heavy atom. The number of ether oxygens (including phenoxy) is 3. The Labute approximate surface area is 193 Å². The molecule has 0 radical (unpaired) electrons. The van der Waals surface area contributed by atoms with Gasteiger partial charge in [0.05, 0.1) is 33.4 Å². The summed E-state index contributed by atoms with van der Waals surface area (Å²) in [7, 11) is 1.22. The summed E-state index contributed by atoms with van der Waals surface area (Å²) in [5.41, 5.74) is 0.441. The predicted octanol–water partition coefficient (Wildman–Crippen LogP) is 2.05. The average Bonchev–Trinajstić information content (AvgIpc) is 3.53. The first-order valence-electron chi connectivity index (χ1n) is 10.8. The monoisotopic (exact) mass is 472 g/mol. The van der Waals surface area contributed by atoms with Crippen LogP contribution in [-0.4, -0.2) is 67.9 Å². The number of esters is 1. The van der Waals surface area contributed by atoms with Gasteiger partial charge in [0.25, 0.3) is 11.8 Å². The summed E-state index contributed by atoms with van der Waals surface area (Å²) >= 11 is 0. The quantitative estimate of drug-likeness (QED) is 0.685. The van der Waals surface area contributed by atoms with E-state index in [9.17, 15) is 23.2 Å². The Morgan fingerprint density at radius 2 is 1.79 bits per heavy atom. The maximum atomic E-state index is 14.9. The molecular weight excluding hydrogens is 450 g/mol. The van der Waals surface area contributed by atoms with Crippen molar-refractivity contribution < 1.29 is 37.4 Å². The number of benzene rings is 2. The van der Waals surface area contributed by atoms with Crippen molar-refractivity contribution in [3.8, 4) is 11.1 Å². The van der Waals surface area contributed by atoms with Crippen molar-refractivity contribution in [3.63, 3.8) is 0 Å². The van der Waals surface area contributed by atoms with Gasteiger partial charge >= 0.3 is 5.97 Å². The number of rotatable bonds is 4. The lowest BCUT2D eigenvalue weighted by molar-refractivity contribution is -0.152. The summed E-state index contributed by atoms with van der Waals surface area (Å²) in [5, 5.41) is 2.46. The Bertz CT molecular complexity index is 1180. The maximum Gasteiger partial charge on any atom is 0.328 e. The molecule has 0 unspecified atom stereocenters. The largest absolute Gasteiger partial charge is 0.467 e. The van der Waals surface area contributed by atoms with Crippen LogP contribution in [0.25, 0.3) is 11.1 Å². The number of nitrogens with zero attached hydrogens (tertiary/aromatic N) is 1. The molecule has 2 fully saturated rings. The highest BCUT2D eigenvalue weighted by Gasteiger charge is 2.53. The van der Waals surface area contributed by atoms with Crippen LogP contribution in [-0.2, 0) is 29.7 Å². The normalized spacial score (nSPS) is 21.3. The Balaban J connectivity index is 1.30. The molecule has 2 saturated heterocycles. The van der Waals surface area contributed by atoms with Crippen molar-refractivity contribution >= 4 is 17.8 Å². The average molecular weight is 472 g/mol. The van der Waals surface area contributed by atoms with Gasteiger partial charge in [0.1, 0.15) is 6.04 Å². The molecule has 0 aromatic heterocycles. The molecule has 2 amide bonds. The van der Waals surface area contributed by atoms with E-state index in [1.54, 1.807) is 18.2 Å². The highest BCUT2D eigenvalue weighted by Crippen LogP contribution is 2.50. The molecule has 2 aliphatic heterocycles. The van der Waals surface area contributed by atoms with Crippen molar-refractivity contribution in [3.05, 3.63) is 59.2 Å². The van der Waals surface area contributed by atoms with Gasteiger partial charge in [-0.05, 0) is 23.3 Å². The van der Waals surface area contributed by atoms with Gasteiger partial charge in [-0.2, -0.15) is 8.78 Å². The first-order chi connectivity index (χ1) is 16.3. The number of halogens is 2. The van der Waals surface area contributed by atoms with Gasteiger partial charge in [-0.15, -0.1) is 0 Å². The van der Waals surface area contributed by atoms with E-state index in [1.165, 1.54) is 30.2 Å². The Morgan fingerprint density at radius 3 is 2.53 bits per heavy atom. The lowest BCUT2D eigenvalue weighted by Gasteiger charge is -2.23. The van der Waals surface area contributed by atoms with E-state index < -0.39 is 42.1 Å². The van der Waals surface area contributed by atoms with E-state index in [4.69, 9.17) is 14.2 Å². The van der Waals surface area contributed by atoms with E-state index in [1.807, 2.05) is 0 Å². The third-order valence-corrected chi connectivity index (χ3v) is 6.47. The SMILES string of the molecule is COC(=O)[C@@H]1CC2(CN1C(=O)CNC(=O)c1ccc3c(c1)C(F)(F)c1ccccc1-3)OCCO2. The molecule has 178 valence electrons. The minimum Gasteiger partial charge on any atom is -0.467 e. The number of fused-ring (bicyclic) bond motifs is 3.